The lowest BCUT2D eigenvalue weighted by Gasteiger charge is -2.31. The number of methoxy groups -OCH3 is 1. The molecule has 4 rings (SSSR count). The fraction of sp³-hybridized carbons (Fsp3) is 0.424. The van der Waals surface area contributed by atoms with E-state index in [-0.39, 0.29) is 46.7 Å². The van der Waals surface area contributed by atoms with Crippen molar-refractivity contribution in [3.8, 4) is 22.8 Å². The Bertz CT molecular complexity index is 1450. The van der Waals surface area contributed by atoms with Crippen molar-refractivity contribution >= 4 is 11.9 Å². The molecule has 3 aromatic rings. The van der Waals surface area contributed by atoms with Gasteiger partial charge in [-0.2, -0.15) is 0 Å². The van der Waals surface area contributed by atoms with Crippen molar-refractivity contribution in [1.29, 1.82) is 0 Å². The molecule has 1 N–H and O–H groups in total. The first-order chi connectivity index (χ1) is 19.9. The van der Waals surface area contributed by atoms with Crippen molar-refractivity contribution in [2.24, 2.45) is 11.8 Å². The van der Waals surface area contributed by atoms with Gasteiger partial charge >= 0.3 is 11.9 Å². The lowest BCUT2D eigenvalue weighted by Crippen LogP contribution is -2.36. The van der Waals surface area contributed by atoms with Crippen LogP contribution < -0.4 is 9.47 Å². The van der Waals surface area contributed by atoms with Crippen LogP contribution in [0.25, 0.3) is 11.1 Å². The summed E-state index contributed by atoms with van der Waals surface area (Å²) >= 11 is 0. The fourth-order valence-corrected chi connectivity index (χ4v) is 5.56. The SMILES string of the molecule is COc1cc(-c2cc(F)c(OC(=O)c3cccc([C@H](C4CC4)[C@H](C)C(=O)O)c3)cc2CN(C(C)C)C(C)C)c(F)cn1. The predicted molar refractivity (Wildman–Crippen MR) is 156 cm³/mol. The number of hydrogen-bond donors (Lipinski definition) is 1. The van der Waals surface area contributed by atoms with Crippen LogP contribution in [-0.4, -0.2) is 46.1 Å². The molecule has 0 aliphatic heterocycles. The van der Waals surface area contributed by atoms with E-state index in [1.165, 1.54) is 25.3 Å². The summed E-state index contributed by atoms with van der Waals surface area (Å²) in [6, 6.07) is 11.0. The summed E-state index contributed by atoms with van der Waals surface area (Å²) in [5.41, 5.74) is 1.91. The van der Waals surface area contributed by atoms with Crippen LogP contribution in [0.5, 0.6) is 11.6 Å². The Morgan fingerprint density at radius 3 is 2.29 bits per heavy atom. The molecule has 7 nitrogen and oxygen atoms in total. The van der Waals surface area contributed by atoms with E-state index in [9.17, 15) is 19.1 Å². The monoisotopic (exact) mass is 580 g/mol. The number of carbonyl (C=O) groups excluding carboxylic acids is 1. The first-order valence-corrected chi connectivity index (χ1v) is 14.2. The molecule has 1 fully saturated rings. The second kappa shape index (κ2) is 13.0. The van der Waals surface area contributed by atoms with Crippen LogP contribution in [0.15, 0.2) is 48.7 Å². The van der Waals surface area contributed by atoms with Gasteiger partial charge in [0.15, 0.2) is 11.6 Å². The fourth-order valence-electron chi connectivity index (χ4n) is 5.56. The molecule has 2 atom stereocenters. The highest BCUT2D eigenvalue weighted by molar-refractivity contribution is 5.91. The molecular weight excluding hydrogens is 542 g/mol. The molecule has 42 heavy (non-hydrogen) atoms. The number of benzene rings is 2. The third kappa shape index (κ3) is 6.95. The topological polar surface area (TPSA) is 89.0 Å². The van der Waals surface area contributed by atoms with Gasteiger partial charge in [0.25, 0.3) is 0 Å². The summed E-state index contributed by atoms with van der Waals surface area (Å²) < 4.78 is 41.3. The Morgan fingerprint density at radius 1 is 1.00 bits per heavy atom. The van der Waals surface area contributed by atoms with Gasteiger partial charge in [0.2, 0.25) is 5.88 Å². The molecule has 1 aliphatic rings. The third-order valence-corrected chi connectivity index (χ3v) is 7.93. The summed E-state index contributed by atoms with van der Waals surface area (Å²) in [5.74, 6) is -3.84. The average molecular weight is 581 g/mol. The lowest BCUT2D eigenvalue weighted by atomic mass is 9.83. The van der Waals surface area contributed by atoms with E-state index >= 15 is 4.39 Å². The lowest BCUT2D eigenvalue weighted by molar-refractivity contribution is -0.142. The summed E-state index contributed by atoms with van der Waals surface area (Å²) in [6.45, 7) is 10.2. The summed E-state index contributed by atoms with van der Waals surface area (Å²) in [4.78, 5) is 31.1. The number of pyridine rings is 1. The number of rotatable bonds is 12. The van der Waals surface area contributed by atoms with E-state index in [1.807, 2.05) is 33.8 Å². The molecule has 0 amide bonds. The second-order valence-corrected chi connectivity index (χ2v) is 11.5. The molecule has 1 aliphatic carbocycles. The number of halogens is 2. The van der Waals surface area contributed by atoms with E-state index in [1.54, 1.807) is 25.1 Å². The number of aliphatic carboxylic acids is 1. The molecule has 0 saturated heterocycles. The number of esters is 1. The van der Waals surface area contributed by atoms with Crippen LogP contribution >= 0.6 is 0 Å². The van der Waals surface area contributed by atoms with Crippen molar-refractivity contribution < 1.29 is 33.0 Å². The maximum absolute atomic E-state index is 15.6. The molecule has 0 radical (unpaired) electrons. The Hall–Kier alpha value is -3.85. The summed E-state index contributed by atoms with van der Waals surface area (Å²) in [6.07, 6.45) is 2.90. The van der Waals surface area contributed by atoms with Gasteiger partial charge in [0.1, 0.15) is 5.82 Å². The Morgan fingerprint density at radius 2 is 1.69 bits per heavy atom. The molecule has 0 unspecified atom stereocenters. The van der Waals surface area contributed by atoms with Crippen molar-refractivity contribution in [3.63, 3.8) is 0 Å². The zero-order chi connectivity index (χ0) is 30.7. The second-order valence-electron chi connectivity index (χ2n) is 11.5. The van der Waals surface area contributed by atoms with Gasteiger partial charge in [-0.05, 0) is 93.3 Å². The zero-order valence-corrected chi connectivity index (χ0v) is 24.9. The van der Waals surface area contributed by atoms with E-state index < -0.39 is 29.5 Å². The Kier molecular flexibility index (Phi) is 9.61. The standard InChI is InChI=1S/C33H38F2N2O5/c1-18(2)37(19(3)4)17-24-13-29(27(34)14-25(24)26-15-30(41-6)36-16-28(26)35)42-33(40)23-9-7-8-22(12-23)31(21-10-11-21)20(5)32(38)39/h7-9,12-16,18-21,31H,10-11,17H2,1-6H3,(H,38,39)/t20-,31-/m0/s1. The minimum atomic E-state index is -0.894. The van der Waals surface area contributed by atoms with Crippen molar-refractivity contribution in [1.82, 2.24) is 9.88 Å². The van der Waals surface area contributed by atoms with Gasteiger partial charge < -0.3 is 14.6 Å². The molecule has 2 aromatic carbocycles. The average Bonchev–Trinajstić information content (AvgIpc) is 3.78. The Labute approximate surface area is 245 Å². The van der Waals surface area contributed by atoms with Crippen molar-refractivity contribution in [3.05, 3.63) is 77.0 Å². The number of carbonyl (C=O) groups is 2. The maximum atomic E-state index is 15.6. The van der Waals surface area contributed by atoms with Gasteiger partial charge in [0, 0.05) is 30.3 Å². The van der Waals surface area contributed by atoms with Crippen molar-refractivity contribution in [2.45, 2.75) is 72.0 Å². The number of carboxylic acids is 1. The van der Waals surface area contributed by atoms with E-state index in [2.05, 4.69) is 9.88 Å². The van der Waals surface area contributed by atoms with Crippen LogP contribution in [0.3, 0.4) is 0 Å². The van der Waals surface area contributed by atoms with Gasteiger partial charge in [-0.25, -0.2) is 18.6 Å². The third-order valence-electron chi connectivity index (χ3n) is 7.93. The molecule has 0 bridgehead atoms. The van der Waals surface area contributed by atoms with Crippen LogP contribution in [0, 0.1) is 23.5 Å². The Balaban J connectivity index is 1.72. The van der Waals surface area contributed by atoms with Crippen molar-refractivity contribution in [2.75, 3.05) is 7.11 Å². The molecular formula is C33H38F2N2O5. The first-order valence-electron chi connectivity index (χ1n) is 14.2. The van der Waals surface area contributed by atoms with Gasteiger partial charge in [0.05, 0.1) is 24.8 Å². The maximum Gasteiger partial charge on any atom is 0.343 e. The highest BCUT2D eigenvalue weighted by Gasteiger charge is 2.38. The van der Waals surface area contributed by atoms with Gasteiger partial charge in [-0.15, -0.1) is 0 Å². The van der Waals surface area contributed by atoms with E-state index in [0.717, 1.165) is 24.6 Å². The van der Waals surface area contributed by atoms with Crippen LogP contribution in [0.4, 0.5) is 8.78 Å². The largest absolute Gasteiger partial charge is 0.481 e. The molecule has 9 heteroatoms. The van der Waals surface area contributed by atoms with E-state index in [4.69, 9.17) is 9.47 Å². The van der Waals surface area contributed by atoms with Crippen LogP contribution in [0.2, 0.25) is 0 Å². The quantitative estimate of drug-likeness (QED) is 0.181. The normalized spacial score (nSPS) is 14.7. The number of carboxylic acid groups (broad SMARTS) is 1. The molecule has 0 spiro atoms. The smallest absolute Gasteiger partial charge is 0.343 e. The molecule has 224 valence electrons. The highest BCUT2D eigenvalue weighted by atomic mass is 19.1. The molecule has 1 saturated carbocycles. The minimum Gasteiger partial charge on any atom is -0.481 e. The number of nitrogens with zero attached hydrogens (tertiary/aromatic N) is 2. The van der Waals surface area contributed by atoms with Crippen LogP contribution in [0.1, 0.15) is 74.9 Å². The molecule has 1 aromatic heterocycles. The van der Waals surface area contributed by atoms with E-state index in [0.29, 0.717) is 17.7 Å². The molecule has 1 heterocycles. The van der Waals surface area contributed by atoms with Gasteiger partial charge in [-0.3, -0.25) is 9.69 Å². The number of hydrogen-bond acceptors (Lipinski definition) is 6. The highest BCUT2D eigenvalue weighted by Crippen LogP contribution is 2.47. The number of ether oxygens (including phenoxy) is 2. The summed E-state index contributed by atoms with van der Waals surface area (Å²) in [7, 11) is 1.41. The first kappa shape index (κ1) is 31.1. The zero-order valence-electron chi connectivity index (χ0n) is 24.9. The minimum absolute atomic E-state index is 0.118. The number of aromatic nitrogens is 1. The summed E-state index contributed by atoms with van der Waals surface area (Å²) in [5, 5.41) is 9.63. The predicted octanol–water partition coefficient (Wildman–Crippen LogP) is 7.09. The van der Waals surface area contributed by atoms with Gasteiger partial charge in [-0.1, -0.05) is 19.1 Å². The van der Waals surface area contributed by atoms with Crippen LogP contribution in [-0.2, 0) is 11.3 Å².